The Bertz CT molecular complexity index is 649. The summed E-state index contributed by atoms with van der Waals surface area (Å²) in [6.07, 6.45) is 2.06. The summed E-state index contributed by atoms with van der Waals surface area (Å²) in [6.45, 7) is 6.55. The highest BCUT2D eigenvalue weighted by molar-refractivity contribution is 5.79. The summed E-state index contributed by atoms with van der Waals surface area (Å²) in [5.74, 6) is 0.402. The summed E-state index contributed by atoms with van der Waals surface area (Å²) in [5, 5.41) is 9.29. The molecule has 140 valence electrons. The maximum absolute atomic E-state index is 12.9. The number of hydrogen-bond donors (Lipinski definition) is 0. The second kappa shape index (κ2) is 9.02. The van der Waals surface area contributed by atoms with Crippen LogP contribution < -0.4 is 4.90 Å². The summed E-state index contributed by atoms with van der Waals surface area (Å²) >= 11 is 0. The fourth-order valence-electron chi connectivity index (χ4n) is 3.95. The highest BCUT2D eigenvalue weighted by Crippen LogP contribution is 2.23. The van der Waals surface area contributed by atoms with E-state index in [1.165, 1.54) is 0 Å². The summed E-state index contributed by atoms with van der Waals surface area (Å²) in [7, 11) is 1.72. The smallest absolute Gasteiger partial charge is 0.227 e. The van der Waals surface area contributed by atoms with E-state index >= 15 is 0 Å². The summed E-state index contributed by atoms with van der Waals surface area (Å²) in [6, 6.07) is 9.96. The first-order valence-electron chi connectivity index (χ1n) is 9.47. The number of carbonyl (C=O) groups is 1. The van der Waals surface area contributed by atoms with Gasteiger partial charge < -0.3 is 19.4 Å². The molecule has 0 aromatic heterocycles. The Kier molecular flexibility index (Phi) is 6.48. The van der Waals surface area contributed by atoms with Crippen molar-refractivity contribution in [1.82, 2.24) is 9.80 Å². The first-order chi connectivity index (χ1) is 12.7. The predicted molar refractivity (Wildman–Crippen MR) is 101 cm³/mol. The lowest BCUT2D eigenvalue weighted by atomic mass is 9.96. The van der Waals surface area contributed by atoms with E-state index < -0.39 is 0 Å². The van der Waals surface area contributed by atoms with Crippen molar-refractivity contribution in [2.45, 2.75) is 12.8 Å². The third kappa shape index (κ3) is 4.35. The van der Waals surface area contributed by atoms with Gasteiger partial charge in [0.2, 0.25) is 5.91 Å². The quantitative estimate of drug-likeness (QED) is 0.801. The maximum Gasteiger partial charge on any atom is 0.227 e. The van der Waals surface area contributed by atoms with Crippen LogP contribution in [0.15, 0.2) is 24.3 Å². The Balaban J connectivity index is 1.54. The molecule has 0 saturated carbocycles. The van der Waals surface area contributed by atoms with Crippen molar-refractivity contribution in [2.75, 3.05) is 64.4 Å². The Labute approximate surface area is 155 Å². The minimum atomic E-state index is 0.110. The van der Waals surface area contributed by atoms with Gasteiger partial charge in [-0.15, -0.1) is 0 Å². The molecular weight excluding hydrogens is 328 g/mol. The number of methoxy groups -OCH3 is 1. The van der Waals surface area contributed by atoms with Crippen molar-refractivity contribution in [3.63, 3.8) is 0 Å². The molecule has 2 aliphatic heterocycles. The van der Waals surface area contributed by atoms with Crippen LogP contribution in [0.3, 0.4) is 0 Å². The van der Waals surface area contributed by atoms with Gasteiger partial charge in [-0.3, -0.25) is 4.79 Å². The Morgan fingerprint density at radius 2 is 2.00 bits per heavy atom. The molecule has 3 rings (SSSR count). The standard InChI is InChI=1S/C20H28N4O2/c1-26-14-13-22-8-4-6-18(16-22)20(25)24-11-9-23(10-12-24)19-7-3-2-5-17(19)15-21/h2-3,5,7,18H,4,6,8-14,16H2,1H3/t18-/m0/s1. The topological polar surface area (TPSA) is 59.8 Å². The van der Waals surface area contributed by atoms with Crippen LogP contribution in [-0.4, -0.2) is 75.2 Å². The number of likely N-dealkylation sites (tertiary alicyclic amines) is 1. The van der Waals surface area contributed by atoms with E-state index in [9.17, 15) is 10.1 Å². The first kappa shape index (κ1) is 18.7. The number of carbonyl (C=O) groups excluding carboxylic acids is 1. The van der Waals surface area contributed by atoms with Crippen molar-refractivity contribution in [1.29, 1.82) is 5.26 Å². The van der Waals surface area contributed by atoms with E-state index in [-0.39, 0.29) is 5.92 Å². The first-order valence-corrected chi connectivity index (χ1v) is 9.47. The number of nitrogens with zero attached hydrogens (tertiary/aromatic N) is 4. The van der Waals surface area contributed by atoms with Gasteiger partial charge in [-0.1, -0.05) is 12.1 Å². The zero-order valence-electron chi connectivity index (χ0n) is 15.6. The lowest BCUT2D eigenvalue weighted by molar-refractivity contribution is -0.137. The summed E-state index contributed by atoms with van der Waals surface area (Å²) in [4.78, 5) is 19.5. The molecule has 0 N–H and O–H groups in total. The molecule has 1 aromatic rings. The van der Waals surface area contributed by atoms with Gasteiger partial charge in [-0.05, 0) is 31.5 Å². The average molecular weight is 356 g/mol. The SMILES string of the molecule is COCCN1CCC[C@H](C(=O)N2CCN(c3ccccc3C#N)CC2)C1. The van der Waals surface area contributed by atoms with Gasteiger partial charge in [0.05, 0.1) is 23.8 Å². The number of ether oxygens (including phenoxy) is 1. The highest BCUT2D eigenvalue weighted by Gasteiger charge is 2.31. The number of amides is 1. The van der Waals surface area contributed by atoms with E-state index in [0.717, 1.165) is 70.9 Å². The predicted octanol–water partition coefficient (Wildman–Crippen LogP) is 1.57. The van der Waals surface area contributed by atoms with E-state index in [1.807, 2.05) is 29.2 Å². The summed E-state index contributed by atoms with van der Waals surface area (Å²) < 4.78 is 5.16. The fourth-order valence-corrected chi connectivity index (χ4v) is 3.95. The van der Waals surface area contributed by atoms with E-state index in [1.54, 1.807) is 7.11 Å². The van der Waals surface area contributed by atoms with Crippen molar-refractivity contribution in [2.24, 2.45) is 5.92 Å². The van der Waals surface area contributed by atoms with Gasteiger partial charge in [-0.25, -0.2) is 0 Å². The summed E-state index contributed by atoms with van der Waals surface area (Å²) in [5.41, 5.74) is 1.68. The fraction of sp³-hybridized carbons (Fsp3) is 0.600. The van der Waals surface area contributed by atoms with Gasteiger partial charge in [0, 0.05) is 46.4 Å². The molecule has 0 radical (unpaired) electrons. The Hall–Kier alpha value is -2.10. The van der Waals surface area contributed by atoms with Crippen LogP contribution in [0.25, 0.3) is 0 Å². The van der Waals surface area contributed by atoms with Gasteiger partial charge in [-0.2, -0.15) is 5.26 Å². The molecule has 26 heavy (non-hydrogen) atoms. The number of rotatable bonds is 5. The van der Waals surface area contributed by atoms with Crippen LogP contribution in [0.2, 0.25) is 0 Å². The molecule has 6 heteroatoms. The number of anilines is 1. The largest absolute Gasteiger partial charge is 0.383 e. The zero-order valence-corrected chi connectivity index (χ0v) is 15.6. The minimum Gasteiger partial charge on any atom is -0.383 e. The Morgan fingerprint density at radius 1 is 1.23 bits per heavy atom. The second-order valence-electron chi connectivity index (χ2n) is 7.07. The van der Waals surface area contributed by atoms with Gasteiger partial charge in [0.1, 0.15) is 6.07 Å². The number of nitriles is 1. The van der Waals surface area contributed by atoms with Crippen LogP contribution in [-0.2, 0) is 9.53 Å². The zero-order chi connectivity index (χ0) is 18.4. The van der Waals surface area contributed by atoms with Crippen LogP contribution in [0.1, 0.15) is 18.4 Å². The molecule has 2 heterocycles. The molecule has 2 saturated heterocycles. The monoisotopic (exact) mass is 356 g/mol. The van der Waals surface area contributed by atoms with Gasteiger partial charge >= 0.3 is 0 Å². The van der Waals surface area contributed by atoms with E-state index in [2.05, 4.69) is 15.9 Å². The number of benzene rings is 1. The lowest BCUT2D eigenvalue weighted by Gasteiger charge is -2.40. The van der Waals surface area contributed by atoms with Gasteiger partial charge in [0.25, 0.3) is 0 Å². The molecule has 1 aromatic carbocycles. The number of hydrogen-bond acceptors (Lipinski definition) is 5. The molecule has 6 nitrogen and oxygen atoms in total. The molecule has 0 aliphatic carbocycles. The maximum atomic E-state index is 12.9. The van der Waals surface area contributed by atoms with Crippen molar-refractivity contribution < 1.29 is 9.53 Å². The molecule has 2 fully saturated rings. The molecule has 2 aliphatic rings. The van der Waals surface area contributed by atoms with Crippen LogP contribution in [0, 0.1) is 17.2 Å². The second-order valence-corrected chi connectivity index (χ2v) is 7.07. The third-order valence-electron chi connectivity index (χ3n) is 5.42. The van der Waals surface area contributed by atoms with Crippen molar-refractivity contribution in [3.8, 4) is 6.07 Å². The molecule has 1 amide bonds. The average Bonchev–Trinajstić information content (AvgIpc) is 2.72. The van der Waals surface area contributed by atoms with E-state index in [0.29, 0.717) is 11.5 Å². The van der Waals surface area contributed by atoms with Crippen LogP contribution in [0.4, 0.5) is 5.69 Å². The molecule has 1 atom stereocenters. The third-order valence-corrected chi connectivity index (χ3v) is 5.42. The number of piperazine rings is 1. The molecule has 0 spiro atoms. The lowest BCUT2D eigenvalue weighted by Crippen LogP contribution is -2.52. The van der Waals surface area contributed by atoms with E-state index in [4.69, 9.17) is 4.74 Å². The van der Waals surface area contributed by atoms with Crippen LogP contribution >= 0.6 is 0 Å². The van der Waals surface area contributed by atoms with Crippen molar-refractivity contribution in [3.05, 3.63) is 29.8 Å². The van der Waals surface area contributed by atoms with Crippen LogP contribution in [0.5, 0.6) is 0 Å². The normalized spacial score (nSPS) is 21.5. The molecule has 0 unspecified atom stereocenters. The Morgan fingerprint density at radius 3 is 2.73 bits per heavy atom. The molecular formula is C20H28N4O2. The van der Waals surface area contributed by atoms with Crippen molar-refractivity contribution >= 4 is 11.6 Å². The minimum absolute atomic E-state index is 0.110. The number of para-hydroxylation sites is 1. The van der Waals surface area contributed by atoms with Gasteiger partial charge in [0.15, 0.2) is 0 Å². The molecule has 0 bridgehead atoms. The highest BCUT2D eigenvalue weighted by atomic mass is 16.5. The number of piperidine rings is 1.